The van der Waals surface area contributed by atoms with Gasteiger partial charge in [-0.3, -0.25) is 23.9 Å². The highest BCUT2D eigenvalue weighted by Crippen LogP contribution is 2.25. The molecular weight excluding hydrogens is 609 g/mol. The van der Waals surface area contributed by atoms with Crippen LogP contribution in [0.5, 0.6) is 5.75 Å². The molecule has 0 aliphatic carbocycles. The number of benzene rings is 1. The lowest BCUT2D eigenvalue weighted by molar-refractivity contribution is -0.147. The molecule has 0 saturated carbocycles. The third kappa shape index (κ3) is 9.72. The first-order valence-corrected chi connectivity index (χ1v) is 16.6. The van der Waals surface area contributed by atoms with Gasteiger partial charge < -0.3 is 30.3 Å². The fraction of sp³-hybridized carbons (Fsp3) is 0.636. The number of nitrogens with zero attached hydrogens (tertiary/aromatic N) is 5. The van der Waals surface area contributed by atoms with Crippen molar-refractivity contribution in [2.24, 2.45) is 5.92 Å². The van der Waals surface area contributed by atoms with Gasteiger partial charge in [0.2, 0.25) is 17.7 Å². The number of halogens is 1. The molecule has 0 spiro atoms. The topological polar surface area (TPSA) is 159 Å². The van der Waals surface area contributed by atoms with E-state index < -0.39 is 47.8 Å². The Labute approximate surface area is 275 Å². The molecule has 4 amide bonds. The van der Waals surface area contributed by atoms with E-state index in [4.69, 9.17) is 4.74 Å². The van der Waals surface area contributed by atoms with Gasteiger partial charge in [0.15, 0.2) is 0 Å². The molecular formula is C33H48FN7O6. The van der Waals surface area contributed by atoms with Gasteiger partial charge in [-0.05, 0) is 44.2 Å². The summed E-state index contributed by atoms with van der Waals surface area (Å²) in [6, 6.07) is 0.666. The maximum absolute atomic E-state index is 14.3. The van der Waals surface area contributed by atoms with Gasteiger partial charge in [0.25, 0.3) is 5.91 Å². The van der Waals surface area contributed by atoms with Crippen molar-refractivity contribution in [3.05, 3.63) is 41.5 Å². The van der Waals surface area contributed by atoms with Gasteiger partial charge in [0.1, 0.15) is 42.0 Å². The zero-order valence-electron chi connectivity index (χ0n) is 27.8. The lowest BCUT2D eigenvalue weighted by atomic mass is 10.0. The smallest absolute Gasteiger partial charge is 0.255 e. The first-order chi connectivity index (χ1) is 22.4. The Balaban J connectivity index is 1.59. The molecule has 4 rings (SSSR count). The summed E-state index contributed by atoms with van der Waals surface area (Å²) >= 11 is 0. The minimum absolute atomic E-state index is 0.00612. The minimum Gasteiger partial charge on any atom is -0.486 e. The van der Waals surface area contributed by atoms with Gasteiger partial charge >= 0.3 is 0 Å². The maximum Gasteiger partial charge on any atom is 0.255 e. The van der Waals surface area contributed by atoms with Crippen molar-refractivity contribution < 1.29 is 33.4 Å². The average Bonchev–Trinajstić information content (AvgIpc) is 3.66. The molecule has 14 heteroatoms. The van der Waals surface area contributed by atoms with Crippen LogP contribution >= 0.6 is 0 Å². The monoisotopic (exact) mass is 657 g/mol. The number of rotatable bonds is 2. The number of aliphatic hydroxyl groups is 1. The van der Waals surface area contributed by atoms with Crippen LogP contribution in [-0.4, -0.2) is 97.9 Å². The van der Waals surface area contributed by atoms with Crippen LogP contribution in [0.25, 0.3) is 0 Å². The number of carbonyl (C=O) groups excluding carboxylic acids is 4. The molecule has 13 nitrogen and oxygen atoms in total. The molecule has 2 aromatic rings. The van der Waals surface area contributed by atoms with Crippen molar-refractivity contribution in [1.29, 1.82) is 0 Å². The summed E-state index contributed by atoms with van der Waals surface area (Å²) in [5, 5.41) is 24.5. The van der Waals surface area contributed by atoms with Gasteiger partial charge in [-0.25, -0.2) is 4.39 Å². The van der Waals surface area contributed by atoms with Crippen LogP contribution in [0.15, 0.2) is 24.4 Å². The van der Waals surface area contributed by atoms with Crippen LogP contribution in [0.2, 0.25) is 0 Å². The molecule has 2 aliphatic rings. The molecule has 0 unspecified atom stereocenters. The quantitative estimate of drug-likeness (QED) is 0.444. The molecule has 258 valence electrons. The van der Waals surface area contributed by atoms with E-state index in [0.29, 0.717) is 18.8 Å². The van der Waals surface area contributed by atoms with Crippen LogP contribution < -0.4 is 15.4 Å². The highest BCUT2D eigenvalue weighted by Gasteiger charge is 2.43. The van der Waals surface area contributed by atoms with Crippen LogP contribution in [0.1, 0.15) is 88.2 Å². The molecule has 1 aromatic carbocycles. The Morgan fingerprint density at radius 3 is 2.53 bits per heavy atom. The summed E-state index contributed by atoms with van der Waals surface area (Å²) in [4.78, 5) is 56.7. The van der Waals surface area contributed by atoms with Crippen molar-refractivity contribution in [2.45, 2.75) is 110 Å². The number of likely N-dealkylation sites (N-methyl/N-ethyl adjacent to an activating group) is 1. The second-order valence-electron chi connectivity index (χ2n) is 13.0. The fourth-order valence-electron chi connectivity index (χ4n) is 5.96. The Morgan fingerprint density at radius 1 is 1.06 bits per heavy atom. The van der Waals surface area contributed by atoms with Crippen LogP contribution in [0.3, 0.4) is 0 Å². The molecule has 3 heterocycles. The third-order valence-corrected chi connectivity index (χ3v) is 8.73. The summed E-state index contributed by atoms with van der Waals surface area (Å²) in [7, 11) is 1.51. The Hall–Kier alpha value is -4.07. The largest absolute Gasteiger partial charge is 0.486 e. The van der Waals surface area contributed by atoms with Gasteiger partial charge in [0.05, 0.1) is 17.9 Å². The minimum atomic E-state index is -1.05. The molecule has 1 aromatic heterocycles. The van der Waals surface area contributed by atoms with Gasteiger partial charge in [0, 0.05) is 39.2 Å². The highest BCUT2D eigenvalue weighted by atomic mass is 19.1. The Kier molecular flexibility index (Phi) is 12.7. The van der Waals surface area contributed by atoms with E-state index in [0.717, 1.165) is 50.7 Å². The summed E-state index contributed by atoms with van der Waals surface area (Å²) in [6.45, 7) is 6.45. The van der Waals surface area contributed by atoms with E-state index in [2.05, 4.69) is 20.9 Å². The van der Waals surface area contributed by atoms with Gasteiger partial charge in [-0.2, -0.15) is 0 Å². The molecule has 47 heavy (non-hydrogen) atoms. The number of amides is 4. The molecule has 0 radical (unpaired) electrons. The Morgan fingerprint density at radius 2 is 1.79 bits per heavy atom. The number of aromatic nitrogens is 3. The van der Waals surface area contributed by atoms with E-state index in [-0.39, 0.29) is 49.1 Å². The SMILES string of the molecule is CC(C)C[C@H]1NC(=O)c2ccc(F)cc2OCc2cn(nn2)CCCCCCCCNC(=O)[C@H](C)N(C)C(=O)[C@H]2C[C@H](O)CN2C1=O. The predicted octanol–water partition coefficient (Wildman–Crippen LogP) is 2.42. The normalized spacial score (nSPS) is 24.7. The number of aryl methyl sites for hydroxylation is 1. The lowest BCUT2D eigenvalue weighted by Crippen LogP contribution is -2.56. The number of aliphatic hydroxyl groups excluding tert-OH is 1. The summed E-state index contributed by atoms with van der Waals surface area (Å²) in [6.07, 6.45) is 6.81. The number of hydrogen-bond donors (Lipinski definition) is 3. The fourth-order valence-corrected chi connectivity index (χ4v) is 5.96. The van der Waals surface area contributed by atoms with Crippen molar-refractivity contribution in [2.75, 3.05) is 20.1 Å². The summed E-state index contributed by atoms with van der Waals surface area (Å²) in [5.74, 6) is -2.61. The van der Waals surface area contributed by atoms with E-state index in [1.807, 2.05) is 13.8 Å². The number of carbonyl (C=O) groups is 4. The summed E-state index contributed by atoms with van der Waals surface area (Å²) in [5.41, 5.74) is 0.537. The van der Waals surface area contributed by atoms with E-state index in [9.17, 15) is 28.7 Å². The lowest BCUT2D eigenvalue weighted by Gasteiger charge is -2.33. The van der Waals surface area contributed by atoms with E-state index in [1.54, 1.807) is 17.8 Å². The van der Waals surface area contributed by atoms with E-state index in [1.165, 1.54) is 22.9 Å². The maximum atomic E-state index is 14.3. The number of ether oxygens (including phenoxy) is 1. The van der Waals surface area contributed by atoms with Crippen LogP contribution in [0.4, 0.5) is 4.39 Å². The van der Waals surface area contributed by atoms with Crippen molar-refractivity contribution in [3.63, 3.8) is 0 Å². The third-order valence-electron chi connectivity index (χ3n) is 8.73. The van der Waals surface area contributed by atoms with E-state index >= 15 is 0 Å². The standard InChI is InChI=1S/C33H48FN7O6/c1-21(2)15-27-32(45)41-19-25(42)17-28(41)33(46)39(4)22(3)30(43)35-13-9-7-5-6-8-10-14-40-18-24(37-38-40)20-47-29-16-23(34)11-12-26(29)31(44)36-27/h11-12,16,18,21-22,25,27-28,42H,5-10,13-15,17,19-20H2,1-4H3,(H,35,43)(H,36,44)/t22-,25-,27+,28+/m0/s1. The van der Waals surface area contributed by atoms with Crippen molar-refractivity contribution >= 4 is 23.6 Å². The number of hydrogen-bond acceptors (Lipinski definition) is 8. The molecule has 2 aliphatic heterocycles. The molecule has 1 fully saturated rings. The highest BCUT2D eigenvalue weighted by molar-refractivity contribution is 6.00. The van der Waals surface area contributed by atoms with Crippen molar-refractivity contribution in [1.82, 2.24) is 35.4 Å². The number of fused-ring (bicyclic) bond motifs is 4. The summed E-state index contributed by atoms with van der Waals surface area (Å²) < 4.78 is 21.9. The molecule has 2 bridgehead atoms. The Bertz CT molecular complexity index is 1400. The first-order valence-electron chi connectivity index (χ1n) is 16.6. The van der Waals surface area contributed by atoms with Crippen molar-refractivity contribution in [3.8, 4) is 5.75 Å². The second-order valence-corrected chi connectivity index (χ2v) is 13.0. The predicted molar refractivity (Wildman–Crippen MR) is 171 cm³/mol. The first kappa shape index (κ1) is 35.8. The van der Waals surface area contributed by atoms with Gasteiger partial charge in [-0.15, -0.1) is 5.10 Å². The van der Waals surface area contributed by atoms with Gasteiger partial charge in [-0.1, -0.05) is 44.7 Å². The second kappa shape index (κ2) is 16.7. The molecule has 3 N–H and O–H groups in total. The average molecular weight is 658 g/mol. The number of nitrogens with one attached hydrogen (secondary N) is 2. The van der Waals surface area contributed by atoms with Crippen LogP contribution in [0, 0.1) is 11.7 Å². The zero-order valence-corrected chi connectivity index (χ0v) is 27.8. The molecule has 4 atom stereocenters. The van der Waals surface area contributed by atoms with Crippen LogP contribution in [-0.2, 0) is 27.5 Å². The molecule has 1 saturated heterocycles. The zero-order chi connectivity index (χ0) is 34.1.